The van der Waals surface area contributed by atoms with E-state index in [1.54, 1.807) is 11.3 Å². The average Bonchev–Trinajstić information content (AvgIpc) is 3.19. The molecule has 6 heteroatoms. The summed E-state index contributed by atoms with van der Waals surface area (Å²) in [7, 11) is 1.97. The molecule has 1 atom stereocenters. The number of nitrogens with one attached hydrogen (secondary N) is 1. The molecule has 1 unspecified atom stereocenters. The summed E-state index contributed by atoms with van der Waals surface area (Å²) in [6, 6.07) is 4.63. The number of likely N-dealkylation sites (tertiary alicyclic amines) is 1. The molecule has 26 heavy (non-hydrogen) atoms. The second-order valence-electron chi connectivity index (χ2n) is 7.51. The molecule has 1 N–H and O–H groups in total. The van der Waals surface area contributed by atoms with Crippen LogP contribution < -0.4 is 5.32 Å². The van der Waals surface area contributed by atoms with E-state index < -0.39 is 0 Å². The number of fused-ring (bicyclic) bond motifs is 1. The molecule has 1 fully saturated rings. The number of nitrogens with zero attached hydrogens (tertiary/aromatic N) is 3. The zero-order valence-corrected chi connectivity index (χ0v) is 16.4. The van der Waals surface area contributed by atoms with Gasteiger partial charge in [0, 0.05) is 29.2 Å². The van der Waals surface area contributed by atoms with Crippen LogP contribution in [0.2, 0.25) is 0 Å². The Morgan fingerprint density at radius 1 is 1.31 bits per heavy atom. The van der Waals surface area contributed by atoms with Crippen LogP contribution in [-0.4, -0.2) is 39.7 Å². The van der Waals surface area contributed by atoms with Crippen LogP contribution in [0, 0.1) is 0 Å². The lowest BCUT2D eigenvalue weighted by Crippen LogP contribution is -2.40. The van der Waals surface area contributed by atoms with E-state index in [1.807, 2.05) is 29.2 Å². The van der Waals surface area contributed by atoms with Crippen molar-refractivity contribution >= 4 is 17.2 Å². The van der Waals surface area contributed by atoms with Crippen molar-refractivity contribution in [3.8, 4) is 0 Å². The monoisotopic (exact) mass is 372 g/mol. The van der Waals surface area contributed by atoms with Gasteiger partial charge in [-0.15, -0.1) is 11.3 Å². The molecule has 2 aromatic rings. The number of hydrogen-bond acceptors (Lipinski definition) is 4. The number of hydrogen-bond donors (Lipinski definition) is 1. The summed E-state index contributed by atoms with van der Waals surface area (Å²) in [6.45, 7) is 3.00. The summed E-state index contributed by atoms with van der Waals surface area (Å²) in [6.07, 6.45) is 8.51. The second kappa shape index (κ2) is 7.92. The largest absolute Gasteiger partial charge is 0.346 e. The van der Waals surface area contributed by atoms with Gasteiger partial charge in [-0.05, 0) is 56.6 Å². The van der Waals surface area contributed by atoms with Crippen molar-refractivity contribution in [3.63, 3.8) is 0 Å². The van der Waals surface area contributed by atoms with Gasteiger partial charge in [-0.3, -0.25) is 9.48 Å². The predicted molar refractivity (Wildman–Crippen MR) is 105 cm³/mol. The molecule has 140 valence electrons. The number of aromatic nitrogens is 2. The lowest BCUT2D eigenvalue weighted by Gasteiger charge is -2.33. The zero-order chi connectivity index (χ0) is 17.9. The molecule has 2 aliphatic rings. The maximum atomic E-state index is 12.8. The Balaban J connectivity index is 1.48. The van der Waals surface area contributed by atoms with Gasteiger partial charge in [0.2, 0.25) is 0 Å². The minimum absolute atomic E-state index is 0.0354. The van der Waals surface area contributed by atoms with E-state index in [0.29, 0.717) is 18.3 Å². The normalized spacial score (nSPS) is 21.2. The van der Waals surface area contributed by atoms with Crippen molar-refractivity contribution in [3.05, 3.63) is 39.3 Å². The van der Waals surface area contributed by atoms with E-state index in [9.17, 15) is 4.79 Å². The van der Waals surface area contributed by atoms with Gasteiger partial charge in [0.1, 0.15) is 0 Å². The van der Waals surface area contributed by atoms with E-state index in [4.69, 9.17) is 0 Å². The van der Waals surface area contributed by atoms with Crippen LogP contribution >= 0.6 is 11.3 Å². The van der Waals surface area contributed by atoms with E-state index in [0.717, 1.165) is 12.8 Å². The Morgan fingerprint density at radius 3 is 2.85 bits per heavy atom. The Morgan fingerprint density at radius 2 is 2.12 bits per heavy atom. The maximum absolute atomic E-state index is 12.8. The van der Waals surface area contributed by atoms with Crippen molar-refractivity contribution in [2.75, 3.05) is 13.1 Å². The molecule has 1 saturated heterocycles. The third-order valence-electron chi connectivity index (χ3n) is 5.80. The summed E-state index contributed by atoms with van der Waals surface area (Å²) in [5.74, 6) is -0.0354. The Bertz CT molecular complexity index is 744. The topological polar surface area (TPSA) is 50.2 Å². The molecule has 3 heterocycles. The van der Waals surface area contributed by atoms with Crippen LogP contribution in [0.15, 0.2) is 17.5 Å². The summed E-state index contributed by atoms with van der Waals surface area (Å²) < 4.78 is 1.92. The highest BCUT2D eigenvalue weighted by atomic mass is 32.1. The fourth-order valence-corrected chi connectivity index (χ4v) is 5.03. The van der Waals surface area contributed by atoms with Crippen molar-refractivity contribution in [2.45, 2.75) is 57.5 Å². The lowest BCUT2D eigenvalue weighted by molar-refractivity contribution is 0.0943. The fourth-order valence-electron chi connectivity index (χ4n) is 4.39. The van der Waals surface area contributed by atoms with Crippen LogP contribution in [0.1, 0.15) is 58.7 Å². The van der Waals surface area contributed by atoms with Crippen molar-refractivity contribution < 1.29 is 4.79 Å². The maximum Gasteiger partial charge on any atom is 0.272 e. The highest BCUT2D eigenvalue weighted by Gasteiger charge is 2.31. The number of rotatable bonds is 4. The molecule has 0 radical (unpaired) electrons. The smallest absolute Gasteiger partial charge is 0.272 e. The summed E-state index contributed by atoms with van der Waals surface area (Å²) in [5.41, 5.74) is 3.06. The van der Waals surface area contributed by atoms with Crippen LogP contribution in [0.25, 0.3) is 0 Å². The van der Waals surface area contributed by atoms with Gasteiger partial charge in [0.05, 0.1) is 6.54 Å². The number of amides is 1. The number of carbonyl (C=O) groups is 1. The van der Waals surface area contributed by atoms with Gasteiger partial charge in [-0.1, -0.05) is 18.9 Å². The molecule has 1 aliphatic heterocycles. The summed E-state index contributed by atoms with van der Waals surface area (Å²) in [4.78, 5) is 16.6. The van der Waals surface area contributed by atoms with Crippen molar-refractivity contribution in [2.24, 2.45) is 7.05 Å². The molecule has 5 nitrogen and oxygen atoms in total. The highest BCUT2D eigenvalue weighted by molar-refractivity contribution is 7.09. The van der Waals surface area contributed by atoms with E-state index in [2.05, 4.69) is 15.3 Å². The first-order valence-electron chi connectivity index (χ1n) is 9.82. The quantitative estimate of drug-likeness (QED) is 0.897. The molecular formula is C20H28N4OS. The third-order valence-corrected chi connectivity index (χ3v) is 6.68. The van der Waals surface area contributed by atoms with Crippen LogP contribution in [0.5, 0.6) is 0 Å². The zero-order valence-electron chi connectivity index (χ0n) is 15.5. The first-order valence-corrected chi connectivity index (χ1v) is 10.7. The first-order chi connectivity index (χ1) is 12.7. The second-order valence-corrected chi connectivity index (χ2v) is 8.54. The third kappa shape index (κ3) is 3.71. The number of aryl methyl sites for hydroxylation is 1. The van der Waals surface area contributed by atoms with Crippen LogP contribution in [0.4, 0.5) is 0 Å². The van der Waals surface area contributed by atoms with Gasteiger partial charge in [0.25, 0.3) is 5.91 Å². The van der Waals surface area contributed by atoms with Crippen molar-refractivity contribution in [1.82, 2.24) is 20.0 Å². The van der Waals surface area contributed by atoms with Crippen molar-refractivity contribution in [1.29, 1.82) is 0 Å². The molecule has 0 spiro atoms. The fraction of sp³-hybridized carbons (Fsp3) is 0.600. The van der Waals surface area contributed by atoms with E-state index in [1.165, 1.54) is 61.3 Å². The summed E-state index contributed by atoms with van der Waals surface area (Å²) in [5, 5.41) is 9.67. The lowest BCUT2D eigenvalue weighted by atomic mass is 9.90. The molecule has 0 aromatic carbocycles. The number of thiophene rings is 1. The van der Waals surface area contributed by atoms with Crippen LogP contribution in [-0.2, 0) is 26.4 Å². The first kappa shape index (κ1) is 17.7. The molecule has 0 saturated carbocycles. The minimum atomic E-state index is -0.0354. The highest BCUT2D eigenvalue weighted by Crippen LogP contribution is 2.28. The standard InChI is InChI=1S/C20H28N4OS/c1-23-18-9-8-15(24-10-4-2-3-5-11-24)13-17(18)19(22-23)20(25)21-14-16-7-6-12-26-16/h6-7,12,15H,2-5,8-11,13-14H2,1H3,(H,21,25). The Hall–Kier alpha value is -1.66. The van der Waals surface area contributed by atoms with Gasteiger partial charge >= 0.3 is 0 Å². The number of carbonyl (C=O) groups excluding carboxylic acids is 1. The molecule has 1 aliphatic carbocycles. The Kier molecular flexibility index (Phi) is 5.41. The van der Waals surface area contributed by atoms with Gasteiger partial charge < -0.3 is 10.2 Å². The average molecular weight is 373 g/mol. The van der Waals surface area contributed by atoms with E-state index >= 15 is 0 Å². The summed E-state index contributed by atoms with van der Waals surface area (Å²) >= 11 is 1.67. The van der Waals surface area contributed by atoms with Gasteiger partial charge in [-0.2, -0.15) is 5.10 Å². The Labute approximate surface area is 159 Å². The van der Waals surface area contributed by atoms with E-state index in [-0.39, 0.29) is 5.91 Å². The van der Waals surface area contributed by atoms with Gasteiger partial charge in [-0.25, -0.2) is 0 Å². The molecule has 0 bridgehead atoms. The van der Waals surface area contributed by atoms with Crippen LogP contribution in [0.3, 0.4) is 0 Å². The predicted octanol–water partition coefficient (Wildman–Crippen LogP) is 3.14. The molecule has 4 rings (SSSR count). The molecular weight excluding hydrogens is 344 g/mol. The SMILES string of the molecule is Cn1nc(C(=O)NCc2cccs2)c2c1CCC(N1CCCCCC1)C2. The molecule has 2 aromatic heterocycles. The van der Waals surface area contributed by atoms with Gasteiger partial charge in [0.15, 0.2) is 5.69 Å². The molecule has 1 amide bonds. The minimum Gasteiger partial charge on any atom is -0.346 e.